The van der Waals surface area contributed by atoms with Crippen molar-refractivity contribution in [2.24, 2.45) is 0 Å². The Balaban J connectivity index is 2.13. The second-order valence-corrected chi connectivity index (χ2v) is 6.84. The van der Waals surface area contributed by atoms with Crippen molar-refractivity contribution in [2.45, 2.75) is 25.8 Å². The third kappa shape index (κ3) is 3.29. The van der Waals surface area contributed by atoms with E-state index in [1.165, 1.54) is 0 Å². The van der Waals surface area contributed by atoms with Crippen molar-refractivity contribution in [2.75, 3.05) is 16.8 Å². The third-order valence-corrected chi connectivity index (χ3v) is 4.75. The SMILES string of the molecule is Cc1cnc(Cl)nc1NC1CCCS(=O)(=O)C1. The van der Waals surface area contributed by atoms with Gasteiger partial charge in [-0.15, -0.1) is 0 Å². The van der Waals surface area contributed by atoms with Crippen LogP contribution in [0, 0.1) is 6.92 Å². The van der Waals surface area contributed by atoms with E-state index in [4.69, 9.17) is 11.6 Å². The smallest absolute Gasteiger partial charge is 0.224 e. The Kier molecular flexibility index (Phi) is 3.53. The quantitative estimate of drug-likeness (QED) is 0.827. The van der Waals surface area contributed by atoms with E-state index in [1.54, 1.807) is 6.20 Å². The molecule has 1 saturated heterocycles. The molecule has 0 aliphatic carbocycles. The predicted octanol–water partition coefficient (Wildman–Crippen LogP) is 1.43. The van der Waals surface area contributed by atoms with E-state index in [1.807, 2.05) is 6.92 Å². The van der Waals surface area contributed by atoms with Crippen molar-refractivity contribution in [3.05, 3.63) is 17.0 Å². The van der Waals surface area contributed by atoms with Gasteiger partial charge in [-0.3, -0.25) is 0 Å². The van der Waals surface area contributed by atoms with Crippen molar-refractivity contribution >= 4 is 27.3 Å². The molecule has 94 valence electrons. The van der Waals surface area contributed by atoms with Crippen LogP contribution in [0.15, 0.2) is 6.20 Å². The molecule has 1 N–H and O–H groups in total. The highest BCUT2D eigenvalue weighted by Gasteiger charge is 2.25. The van der Waals surface area contributed by atoms with Crippen LogP contribution in [0.4, 0.5) is 5.82 Å². The van der Waals surface area contributed by atoms with Gasteiger partial charge >= 0.3 is 0 Å². The summed E-state index contributed by atoms with van der Waals surface area (Å²) in [5.74, 6) is 1.06. The van der Waals surface area contributed by atoms with Gasteiger partial charge < -0.3 is 5.32 Å². The second-order valence-electron chi connectivity index (χ2n) is 4.27. The fourth-order valence-electron chi connectivity index (χ4n) is 1.90. The van der Waals surface area contributed by atoms with Gasteiger partial charge in [0, 0.05) is 17.8 Å². The Hall–Kier alpha value is -0.880. The predicted molar refractivity (Wildman–Crippen MR) is 67.1 cm³/mol. The van der Waals surface area contributed by atoms with Gasteiger partial charge in [0.25, 0.3) is 0 Å². The van der Waals surface area contributed by atoms with Crippen LogP contribution in [0.1, 0.15) is 18.4 Å². The minimum atomic E-state index is -2.91. The summed E-state index contributed by atoms with van der Waals surface area (Å²) in [5, 5.41) is 3.29. The van der Waals surface area contributed by atoms with Crippen molar-refractivity contribution in [1.29, 1.82) is 0 Å². The first-order valence-electron chi connectivity index (χ1n) is 5.42. The largest absolute Gasteiger partial charge is 0.366 e. The van der Waals surface area contributed by atoms with Crippen LogP contribution >= 0.6 is 11.6 Å². The maximum Gasteiger partial charge on any atom is 0.224 e. The van der Waals surface area contributed by atoms with Crippen LogP contribution < -0.4 is 5.32 Å². The summed E-state index contributed by atoms with van der Waals surface area (Å²) in [7, 11) is -2.91. The molecule has 0 spiro atoms. The maximum atomic E-state index is 11.5. The number of hydrogen-bond donors (Lipinski definition) is 1. The molecular formula is C10H14ClN3O2S. The third-order valence-electron chi connectivity index (χ3n) is 2.75. The monoisotopic (exact) mass is 275 g/mol. The number of hydrogen-bond acceptors (Lipinski definition) is 5. The number of rotatable bonds is 2. The molecule has 0 radical (unpaired) electrons. The Morgan fingerprint density at radius 1 is 1.53 bits per heavy atom. The molecule has 2 heterocycles. The van der Waals surface area contributed by atoms with Gasteiger partial charge in [-0.25, -0.2) is 18.4 Å². The lowest BCUT2D eigenvalue weighted by atomic mass is 10.2. The maximum absolute atomic E-state index is 11.5. The summed E-state index contributed by atoms with van der Waals surface area (Å²) in [4.78, 5) is 7.92. The van der Waals surface area contributed by atoms with E-state index in [-0.39, 0.29) is 22.8 Å². The molecule has 1 unspecified atom stereocenters. The minimum absolute atomic E-state index is 0.0848. The Labute approximate surface area is 106 Å². The molecule has 5 nitrogen and oxygen atoms in total. The fraction of sp³-hybridized carbons (Fsp3) is 0.600. The normalized spacial score (nSPS) is 23.3. The van der Waals surface area contributed by atoms with Gasteiger partial charge in [0.2, 0.25) is 5.28 Å². The van der Waals surface area contributed by atoms with Crippen LogP contribution in [-0.4, -0.2) is 35.9 Å². The molecule has 17 heavy (non-hydrogen) atoms. The zero-order valence-corrected chi connectivity index (χ0v) is 11.1. The fourth-order valence-corrected chi connectivity index (χ4v) is 3.67. The number of halogens is 1. The van der Waals surface area contributed by atoms with Gasteiger partial charge in [0.1, 0.15) is 5.82 Å². The highest BCUT2D eigenvalue weighted by atomic mass is 35.5. The second kappa shape index (κ2) is 4.78. The van der Waals surface area contributed by atoms with Gasteiger partial charge in [0.05, 0.1) is 11.5 Å². The van der Waals surface area contributed by atoms with E-state index in [9.17, 15) is 8.42 Å². The molecule has 1 fully saturated rings. The molecule has 1 aliphatic heterocycles. The molecular weight excluding hydrogens is 262 g/mol. The standard InChI is InChI=1S/C10H14ClN3O2S/c1-7-5-12-10(11)14-9(7)13-8-3-2-4-17(15,16)6-8/h5,8H,2-4,6H2,1H3,(H,12,13,14). The molecule has 7 heteroatoms. The van der Waals surface area contributed by atoms with Crippen LogP contribution in [0.3, 0.4) is 0 Å². The zero-order chi connectivity index (χ0) is 12.5. The Morgan fingerprint density at radius 3 is 3.00 bits per heavy atom. The lowest BCUT2D eigenvalue weighted by Crippen LogP contribution is -2.35. The van der Waals surface area contributed by atoms with Crippen molar-refractivity contribution < 1.29 is 8.42 Å². The number of anilines is 1. The summed E-state index contributed by atoms with van der Waals surface area (Å²) in [6.45, 7) is 1.86. The lowest BCUT2D eigenvalue weighted by molar-refractivity contribution is 0.561. The molecule has 2 rings (SSSR count). The molecule has 0 amide bonds. The lowest BCUT2D eigenvalue weighted by Gasteiger charge is -2.24. The molecule has 0 saturated carbocycles. The molecule has 1 aromatic rings. The molecule has 0 aromatic carbocycles. The van der Waals surface area contributed by atoms with Gasteiger partial charge in [0.15, 0.2) is 9.84 Å². The summed E-state index contributed by atoms with van der Waals surface area (Å²) < 4.78 is 23.0. The molecule has 1 atom stereocenters. The number of sulfone groups is 1. The van der Waals surface area contributed by atoms with Crippen LogP contribution in [0.5, 0.6) is 0 Å². The minimum Gasteiger partial charge on any atom is -0.366 e. The Morgan fingerprint density at radius 2 is 2.29 bits per heavy atom. The highest BCUT2D eigenvalue weighted by molar-refractivity contribution is 7.91. The zero-order valence-electron chi connectivity index (χ0n) is 9.48. The van der Waals surface area contributed by atoms with Gasteiger partial charge in [-0.2, -0.15) is 0 Å². The molecule has 1 aliphatic rings. The van der Waals surface area contributed by atoms with E-state index >= 15 is 0 Å². The summed E-state index contributed by atoms with van der Waals surface area (Å²) in [6, 6.07) is -0.0848. The topological polar surface area (TPSA) is 72.0 Å². The van der Waals surface area contributed by atoms with Crippen LogP contribution in [0.2, 0.25) is 5.28 Å². The first kappa shape index (κ1) is 12.6. The number of aryl methyl sites for hydroxylation is 1. The van der Waals surface area contributed by atoms with E-state index in [0.717, 1.165) is 12.0 Å². The van der Waals surface area contributed by atoms with E-state index in [0.29, 0.717) is 12.2 Å². The van der Waals surface area contributed by atoms with Crippen molar-refractivity contribution in [1.82, 2.24) is 9.97 Å². The Bertz CT molecular complexity index is 518. The van der Waals surface area contributed by atoms with E-state index in [2.05, 4.69) is 15.3 Å². The van der Waals surface area contributed by atoms with Crippen molar-refractivity contribution in [3.8, 4) is 0 Å². The summed E-state index contributed by atoms with van der Waals surface area (Å²) in [6.07, 6.45) is 3.15. The van der Waals surface area contributed by atoms with Crippen LogP contribution in [0.25, 0.3) is 0 Å². The highest BCUT2D eigenvalue weighted by Crippen LogP contribution is 2.19. The first-order valence-corrected chi connectivity index (χ1v) is 7.62. The number of aromatic nitrogens is 2. The summed E-state index contributed by atoms with van der Waals surface area (Å²) >= 11 is 5.71. The first-order chi connectivity index (χ1) is 7.96. The molecule has 1 aromatic heterocycles. The average molecular weight is 276 g/mol. The van der Waals surface area contributed by atoms with Gasteiger partial charge in [-0.05, 0) is 31.4 Å². The van der Waals surface area contributed by atoms with E-state index < -0.39 is 9.84 Å². The molecule has 0 bridgehead atoms. The van der Waals surface area contributed by atoms with Gasteiger partial charge in [-0.1, -0.05) is 0 Å². The number of nitrogens with one attached hydrogen (secondary N) is 1. The van der Waals surface area contributed by atoms with Crippen molar-refractivity contribution in [3.63, 3.8) is 0 Å². The van der Waals surface area contributed by atoms with Crippen LogP contribution in [-0.2, 0) is 9.84 Å². The summed E-state index contributed by atoms with van der Waals surface area (Å²) in [5.41, 5.74) is 0.859. The average Bonchev–Trinajstić information content (AvgIpc) is 2.22. The number of nitrogens with zero attached hydrogens (tertiary/aromatic N) is 2.